The highest BCUT2D eigenvalue weighted by Gasteiger charge is 1.77. The van der Waals surface area contributed by atoms with Gasteiger partial charge in [-0.25, -0.2) is 0 Å². The van der Waals surface area contributed by atoms with E-state index in [1.165, 1.54) is 0 Å². The van der Waals surface area contributed by atoms with Crippen molar-refractivity contribution in [2.45, 2.75) is 6.92 Å². The zero-order valence-corrected chi connectivity index (χ0v) is 6.38. The van der Waals surface area contributed by atoms with Gasteiger partial charge in [-0.05, 0) is 34.8 Å². The van der Waals surface area contributed by atoms with E-state index in [2.05, 4.69) is 34.8 Å². The lowest BCUT2D eigenvalue weighted by Crippen LogP contribution is -1.89. The largest absolute Gasteiger partial charge is 0.477 e. The maximum atomic E-state index is 4.76. The summed E-state index contributed by atoms with van der Waals surface area (Å²) in [6, 6.07) is 0. The van der Waals surface area contributed by atoms with E-state index in [4.69, 9.17) is 4.74 Å². The Morgan fingerprint density at radius 2 is 2.50 bits per heavy atom. The van der Waals surface area contributed by atoms with Crippen LogP contribution in [0.1, 0.15) is 6.92 Å². The molecule has 0 aliphatic carbocycles. The predicted octanol–water partition coefficient (Wildman–Crippen LogP) is 1.74. The van der Waals surface area contributed by atoms with Crippen LogP contribution in [-0.2, 0) is 4.74 Å². The first kappa shape index (κ1) is 6.62. The molecule has 0 aromatic heterocycles. The molecular weight excluding hydrogens is 211 g/mol. The smallest absolute Gasteiger partial charge is 0.157 e. The Bertz CT molecular complexity index is 54.8. The summed E-state index contributed by atoms with van der Waals surface area (Å²) >= 11 is 6.66. The van der Waals surface area contributed by atoms with Crippen molar-refractivity contribution in [1.82, 2.24) is 0 Å². The molecule has 0 rings (SSSR count). The molecule has 0 radical (unpaired) electrons. The first-order valence-corrected chi connectivity index (χ1v) is 3.40. The van der Waals surface area contributed by atoms with Crippen LogP contribution in [0.25, 0.3) is 0 Å². The van der Waals surface area contributed by atoms with Gasteiger partial charge >= 0.3 is 0 Å². The van der Waals surface area contributed by atoms with Crippen molar-refractivity contribution in [3.63, 3.8) is 0 Å². The van der Waals surface area contributed by atoms with E-state index in [-0.39, 0.29) is 0 Å². The van der Waals surface area contributed by atoms with Gasteiger partial charge in [0.05, 0.1) is 0 Å². The molecule has 0 aliphatic rings. The Morgan fingerprint density at radius 3 is 2.50 bits per heavy atom. The van der Waals surface area contributed by atoms with Crippen LogP contribution < -0.4 is 0 Å². The first-order chi connectivity index (χ1) is 2.77. The quantitative estimate of drug-likeness (QED) is 0.375. The molecule has 1 nitrogen and oxygen atoms in total. The Kier molecular flexibility index (Phi) is 4.19. The van der Waals surface area contributed by atoms with Gasteiger partial charge in [-0.3, -0.25) is 0 Å². The number of hydrogen-bond donors (Lipinski definition) is 0. The average Bonchev–Trinajstić information content (AvgIpc) is 1.35. The Balaban J connectivity index is 2.83. The minimum atomic E-state index is 0.615. The molecule has 0 aliphatic heterocycles. The molecule has 0 bridgehead atoms. The summed E-state index contributed by atoms with van der Waals surface area (Å²) in [7, 11) is 0. The highest BCUT2D eigenvalue weighted by atomic mass is 127. The molecular formula is C3H5IOS. The summed E-state index contributed by atoms with van der Waals surface area (Å²) in [4.78, 5) is 0. The number of ether oxygens (including phenoxy) is 1. The first-order valence-electron chi connectivity index (χ1n) is 1.46. The standard InChI is InChI=1S/C3H5IOS/c1-3(6)5-2-4/h2H2,1H3. The van der Waals surface area contributed by atoms with Crippen LogP contribution in [0.2, 0.25) is 0 Å². The highest BCUT2D eigenvalue weighted by molar-refractivity contribution is 14.1. The van der Waals surface area contributed by atoms with E-state index < -0.39 is 0 Å². The molecule has 0 spiro atoms. The molecule has 6 heavy (non-hydrogen) atoms. The number of thiocarbonyl (C=S) groups is 1. The molecule has 0 unspecified atom stereocenters. The molecule has 36 valence electrons. The summed E-state index contributed by atoms with van der Waals surface area (Å²) < 4.78 is 5.42. The maximum Gasteiger partial charge on any atom is 0.157 e. The van der Waals surface area contributed by atoms with Crippen molar-refractivity contribution in [3.05, 3.63) is 0 Å². The van der Waals surface area contributed by atoms with Gasteiger partial charge in [0.25, 0.3) is 0 Å². The van der Waals surface area contributed by atoms with Crippen molar-refractivity contribution in [1.29, 1.82) is 0 Å². The zero-order chi connectivity index (χ0) is 4.99. The van der Waals surface area contributed by atoms with E-state index in [9.17, 15) is 0 Å². The third kappa shape index (κ3) is 4.62. The monoisotopic (exact) mass is 216 g/mol. The van der Waals surface area contributed by atoms with Crippen molar-refractivity contribution in [3.8, 4) is 0 Å². The lowest BCUT2D eigenvalue weighted by Gasteiger charge is -1.91. The summed E-state index contributed by atoms with van der Waals surface area (Å²) in [6.45, 7) is 1.76. The van der Waals surface area contributed by atoms with Crippen LogP contribution in [0.5, 0.6) is 0 Å². The van der Waals surface area contributed by atoms with Crippen molar-refractivity contribution in [2.75, 3.05) is 4.61 Å². The Hall–Kier alpha value is 0.620. The summed E-state index contributed by atoms with van der Waals surface area (Å²) in [6.07, 6.45) is 0. The molecule has 0 aromatic carbocycles. The van der Waals surface area contributed by atoms with E-state index in [1.807, 2.05) is 0 Å². The topological polar surface area (TPSA) is 9.23 Å². The fourth-order valence-corrected chi connectivity index (χ4v) is 0.814. The van der Waals surface area contributed by atoms with E-state index in [0.29, 0.717) is 9.66 Å². The van der Waals surface area contributed by atoms with Crippen LogP contribution in [0, 0.1) is 0 Å². The molecule has 3 heteroatoms. The van der Waals surface area contributed by atoms with Gasteiger partial charge in [-0.1, -0.05) is 0 Å². The second kappa shape index (κ2) is 3.80. The fraction of sp³-hybridized carbons (Fsp3) is 0.667. The number of alkyl halides is 1. The third-order valence-corrected chi connectivity index (χ3v) is 0.687. The van der Waals surface area contributed by atoms with Gasteiger partial charge in [0.2, 0.25) is 0 Å². The van der Waals surface area contributed by atoms with Crippen LogP contribution in [0.4, 0.5) is 0 Å². The van der Waals surface area contributed by atoms with Crippen LogP contribution in [0.3, 0.4) is 0 Å². The Labute approximate surface area is 56.2 Å². The zero-order valence-electron chi connectivity index (χ0n) is 3.40. The van der Waals surface area contributed by atoms with Gasteiger partial charge < -0.3 is 4.74 Å². The van der Waals surface area contributed by atoms with Gasteiger partial charge in [-0.15, -0.1) is 0 Å². The Morgan fingerprint density at radius 1 is 2.00 bits per heavy atom. The summed E-state index contributed by atoms with van der Waals surface area (Å²) in [5.74, 6) is 0. The van der Waals surface area contributed by atoms with Crippen molar-refractivity contribution >= 4 is 39.9 Å². The minimum absolute atomic E-state index is 0.615. The number of hydrogen-bond acceptors (Lipinski definition) is 2. The SMILES string of the molecule is CC(=S)OCI. The third-order valence-electron chi connectivity index (χ3n) is 0.258. The van der Waals surface area contributed by atoms with E-state index in [1.54, 1.807) is 6.92 Å². The molecule has 0 aromatic rings. The maximum absolute atomic E-state index is 4.76. The lowest BCUT2D eigenvalue weighted by molar-refractivity contribution is 0.400. The van der Waals surface area contributed by atoms with Gasteiger partial charge in [0.15, 0.2) is 5.05 Å². The average molecular weight is 216 g/mol. The second-order valence-electron chi connectivity index (χ2n) is 0.745. The molecule has 0 saturated heterocycles. The molecule has 0 amide bonds. The highest BCUT2D eigenvalue weighted by Crippen LogP contribution is 1.84. The number of rotatable bonds is 1. The van der Waals surface area contributed by atoms with Gasteiger partial charge in [0.1, 0.15) is 4.61 Å². The summed E-state index contributed by atoms with van der Waals surface area (Å²) in [5, 5.41) is 0.615. The van der Waals surface area contributed by atoms with Crippen LogP contribution in [0.15, 0.2) is 0 Å². The molecule has 0 heterocycles. The van der Waals surface area contributed by atoms with Crippen molar-refractivity contribution in [2.24, 2.45) is 0 Å². The van der Waals surface area contributed by atoms with E-state index >= 15 is 0 Å². The van der Waals surface area contributed by atoms with Crippen LogP contribution >= 0.6 is 34.8 Å². The fourth-order valence-electron chi connectivity index (χ4n) is 0.0768. The minimum Gasteiger partial charge on any atom is -0.477 e. The predicted molar refractivity (Wildman–Crippen MR) is 38.2 cm³/mol. The normalized spacial score (nSPS) is 7.67. The second-order valence-corrected chi connectivity index (χ2v) is 1.94. The van der Waals surface area contributed by atoms with Crippen molar-refractivity contribution < 1.29 is 4.74 Å². The number of halogens is 1. The molecule has 0 saturated carbocycles. The molecule has 0 atom stereocenters. The van der Waals surface area contributed by atoms with E-state index in [0.717, 1.165) is 0 Å². The van der Waals surface area contributed by atoms with Gasteiger partial charge in [0, 0.05) is 6.92 Å². The molecule has 0 N–H and O–H groups in total. The van der Waals surface area contributed by atoms with Crippen LogP contribution in [-0.4, -0.2) is 9.66 Å². The van der Waals surface area contributed by atoms with Gasteiger partial charge in [-0.2, -0.15) is 0 Å². The molecule has 0 fully saturated rings. The lowest BCUT2D eigenvalue weighted by atomic mass is 10.9. The summed E-state index contributed by atoms with van der Waals surface area (Å²) in [5.41, 5.74) is 0.